The first-order valence-corrected chi connectivity index (χ1v) is 13.7. The van der Waals surface area contributed by atoms with Gasteiger partial charge in [-0.05, 0) is 32.1 Å². The van der Waals surface area contributed by atoms with Crippen molar-refractivity contribution < 1.29 is 33.7 Å². The average molecular weight is 514 g/mol. The molecule has 36 heavy (non-hydrogen) atoms. The van der Waals surface area contributed by atoms with E-state index in [1.54, 1.807) is 0 Å². The Labute approximate surface area is 218 Å². The summed E-state index contributed by atoms with van der Waals surface area (Å²) in [7, 11) is 0. The molecule has 0 aliphatic rings. The lowest BCUT2D eigenvalue weighted by atomic mass is 9.89. The van der Waals surface area contributed by atoms with E-state index in [2.05, 4.69) is 11.9 Å². The number of ether oxygens (including phenoxy) is 3. The van der Waals surface area contributed by atoms with Gasteiger partial charge in [0.1, 0.15) is 12.7 Å². The SMILES string of the molecule is C=CC(=O)OCCCCOCC(O)COC(=O)CCCCCCCCCCCNC(=O)C(C)(C)CC. The maximum absolute atomic E-state index is 12.0. The van der Waals surface area contributed by atoms with Crippen molar-refractivity contribution in [3.8, 4) is 0 Å². The molecule has 0 aromatic rings. The molecule has 1 amide bonds. The molecule has 0 rings (SSSR count). The van der Waals surface area contributed by atoms with Crippen LogP contribution in [0.4, 0.5) is 0 Å². The van der Waals surface area contributed by atoms with E-state index in [0.717, 1.165) is 51.1 Å². The van der Waals surface area contributed by atoms with Crippen molar-refractivity contribution in [2.75, 3.05) is 33.0 Å². The van der Waals surface area contributed by atoms with Crippen molar-refractivity contribution in [2.45, 2.75) is 110 Å². The summed E-state index contributed by atoms with van der Waals surface area (Å²) in [5, 5.41) is 12.9. The number of rotatable bonds is 24. The molecule has 0 spiro atoms. The third kappa shape index (κ3) is 20.3. The molecule has 8 nitrogen and oxygen atoms in total. The van der Waals surface area contributed by atoms with Gasteiger partial charge in [-0.15, -0.1) is 0 Å². The van der Waals surface area contributed by atoms with Crippen LogP contribution in [0.1, 0.15) is 104 Å². The van der Waals surface area contributed by atoms with Crippen molar-refractivity contribution >= 4 is 17.8 Å². The van der Waals surface area contributed by atoms with E-state index >= 15 is 0 Å². The zero-order valence-electron chi connectivity index (χ0n) is 23.0. The molecule has 210 valence electrons. The highest BCUT2D eigenvalue weighted by Crippen LogP contribution is 2.19. The van der Waals surface area contributed by atoms with E-state index in [-0.39, 0.29) is 30.5 Å². The van der Waals surface area contributed by atoms with E-state index in [4.69, 9.17) is 14.2 Å². The third-order valence-corrected chi connectivity index (χ3v) is 6.18. The lowest BCUT2D eigenvalue weighted by Crippen LogP contribution is -2.36. The van der Waals surface area contributed by atoms with Crippen molar-refractivity contribution in [1.29, 1.82) is 0 Å². The number of esters is 2. The standard InChI is InChI=1S/C28H51NO7/c1-5-25(31)35-21-17-16-20-34-22-24(30)23-36-26(32)18-14-12-10-8-7-9-11-13-15-19-29-27(33)28(3,4)6-2/h5,24,30H,1,6-23H2,2-4H3,(H,29,33). The van der Waals surface area contributed by atoms with Crippen LogP contribution in [0, 0.1) is 5.41 Å². The Morgan fingerprint density at radius 3 is 2.06 bits per heavy atom. The van der Waals surface area contributed by atoms with Gasteiger partial charge in [-0.2, -0.15) is 0 Å². The molecule has 8 heteroatoms. The van der Waals surface area contributed by atoms with Crippen molar-refractivity contribution in [1.82, 2.24) is 5.32 Å². The number of aliphatic hydroxyl groups is 1. The number of unbranched alkanes of at least 4 members (excludes halogenated alkanes) is 9. The molecule has 0 heterocycles. The van der Waals surface area contributed by atoms with Crippen LogP contribution in [-0.2, 0) is 28.6 Å². The lowest BCUT2D eigenvalue weighted by molar-refractivity contribution is -0.148. The summed E-state index contributed by atoms with van der Waals surface area (Å²) in [6.45, 7) is 10.9. The Bertz CT molecular complexity index is 607. The van der Waals surface area contributed by atoms with Crippen LogP contribution < -0.4 is 5.32 Å². The second-order valence-corrected chi connectivity index (χ2v) is 9.92. The first kappa shape index (κ1) is 34.1. The second kappa shape index (κ2) is 22.3. The predicted octanol–water partition coefficient (Wildman–Crippen LogP) is 4.87. The molecule has 0 aromatic heterocycles. The molecule has 0 aromatic carbocycles. The van der Waals surface area contributed by atoms with Gasteiger partial charge in [-0.25, -0.2) is 4.79 Å². The fraction of sp³-hybridized carbons (Fsp3) is 0.821. The van der Waals surface area contributed by atoms with Gasteiger partial charge < -0.3 is 24.6 Å². The fourth-order valence-electron chi connectivity index (χ4n) is 3.30. The average Bonchev–Trinajstić information content (AvgIpc) is 2.86. The molecule has 1 atom stereocenters. The molecule has 0 bridgehead atoms. The number of hydrogen-bond acceptors (Lipinski definition) is 7. The van der Waals surface area contributed by atoms with Crippen LogP contribution >= 0.6 is 0 Å². The minimum absolute atomic E-state index is 0.0597. The first-order valence-electron chi connectivity index (χ1n) is 13.7. The largest absolute Gasteiger partial charge is 0.463 e. The lowest BCUT2D eigenvalue weighted by Gasteiger charge is -2.21. The fourth-order valence-corrected chi connectivity index (χ4v) is 3.30. The van der Waals surface area contributed by atoms with Gasteiger partial charge in [0, 0.05) is 31.1 Å². The third-order valence-electron chi connectivity index (χ3n) is 6.18. The quantitative estimate of drug-likeness (QED) is 0.108. The van der Waals surface area contributed by atoms with Crippen LogP contribution in [-0.4, -0.2) is 62.0 Å². The Kier molecular flexibility index (Phi) is 21.1. The number of aliphatic hydroxyl groups excluding tert-OH is 1. The topological polar surface area (TPSA) is 111 Å². The summed E-state index contributed by atoms with van der Waals surface area (Å²) in [6.07, 6.45) is 12.7. The molecule has 0 aliphatic heterocycles. The molecule has 0 saturated carbocycles. The Balaban J connectivity index is 3.43. The highest BCUT2D eigenvalue weighted by atomic mass is 16.5. The summed E-state index contributed by atoms with van der Waals surface area (Å²) in [6, 6.07) is 0. The number of amides is 1. The van der Waals surface area contributed by atoms with Gasteiger partial charge in [-0.3, -0.25) is 9.59 Å². The van der Waals surface area contributed by atoms with E-state index in [9.17, 15) is 19.5 Å². The summed E-state index contributed by atoms with van der Waals surface area (Å²) in [5.74, 6) is -0.577. The van der Waals surface area contributed by atoms with Crippen LogP contribution in [0.5, 0.6) is 0 Å². The van der Waals surface area contributed by atoms with Crippen molar-refractivity contribution in [3.05, 3.63) is 12.7 Å². The van der Waals surface area contributed by atoms with Crippen LogP contribution in [0.15, 0.2) is 12.7 Å². The zero-order valence-corrected chi connectivity index (χ0v) is 23.0. The number of carbonyl (C=O) groups excluding carboxylic acids is 3. The predicted molar refractivity (Wildman–Crippen MR) is 141 cm³/mol. The van der Waals surface area contributed by atoms with Crippen molar-refractivity contribution in [2.24, 2.45) is 5.41 Å². The molecular weight excluding hydrogens is 462 g/mol. The van der Waals surface area contributed by atoms with E-state index < -0.39 is 12.1 Å². The number of hydrogen-bond donors (Lipinski definition) is 2. The van der Waals surface area contributed by atoms with E-state index in [1.165, 1.54) is 25.7 Å². The van der Waals surface area contributed by atoms with Crippen LogP contribution in [0.2, 0.25) is 0 Å². The van der Waals surface area contributed by atoms with Crippen LogP contribution in [0.3, 0.4) is 0 Å². The van der Waals surface area contributed by atoms with Gasteiger partial charge in [-0.1, -0.05) is 72.3 Å². The van der Waals surface area contributed by atoms with Gasteiger partial charge in [0.05, 0.1) is 13.2 Å². The number of carbonyl (C=O) groups is 3. The first-order chi connectivity index (χ1) is 17.2. The Morgan fingerprint density at radius 1 is 0.861 bits per heavy atom. The van der Waals surface area contributed by atoms with E-state index in [1.807, 2.05) is 20.8 Å². The molecule has 0 fully saturated rings. The van der Waals surface area contributed by atoms with Gasteiger partial charge >= 0.3 is 11.9 Å². The summed E-state index contributed by atoms with van der Waals surface area (Å²) in [5.41, 5.74) is -0.278. The normalized spacial score (nSPS) is 12.1. The molecule has 1 unspecified atom stereocenters. The van der Waals surface area contributed by atoms with E-state index in [0.29, 0.717) is 32.5 Å². The Hall–Kier alpha value is -1.93. The maximum atomic E-state index is 12.0. The summed E-state index contributed by atoms with van der Waals surface area (Å²) >= 11 is 0. The van der Waals surface area contributed by atoms with Gasteiger partial charge in [0.25, 0.3) is 0 Å². The number of nitrogens with one attached hydrogen (secondary N) is 1. The monoisotopic (exact) mass is 513 g/mol. The zero-order chi connectivity index (χ0) is 27.1. The highest BCUT2D eigenvalue weighted by molar-refractivity contribution is 5.81. The molecule has 0 radical (unpaired) electrons. The van der Waals surface area contributed by atoms with Gasteiger partial charge in [0.2, 0.25) is 5.91 Å². The van der Waals surface area contributed by atoms with Crippen LogP contribution in [0.25, 0.3) is 0 Å². The molecule has 0 aliphatic carbocycles. The van der Waals surface area contributed by atoms with Gasteiger partial charge in [0.15, 0.2) is 0 Å². The minimum Gasteiger partial charge on any atom is -0.463 e. The molecular formula is C28H51NO7. The summed E-state index contributed by atoms with van der Waals surface area (Å²) in [4.78, 5) is 34.7. The maximum Gasteiger partial charge on any atom is 0.330 e. The van der Waals surface area contributed by atoms with Crippen molar-refractivity contribution in [3.63, 3.8) is 0 Å². The smallest absolute Gasteiger partial charge is 0.330 e. The highest BCUT2D eigenvalue weighted by Gasteiger charge is 2.24. The molecule has 2 N–H and O–H groups in total. The minimum atomic E-state index is -0.841. The molecule has 0 saturated heterocycles. The second-order valence-electron chi connectivity index (χ2n) is 9.92. The summed E-state index contributed by atoms with van der Waals surface area (Å²) < 4.78 is 15.3. The Morgan fingerprint density at radius 2 is 1.44 bits per heavy atom.